The van der Waals surface area contributed by atoms with E-state index in [0.717, 1.165) is 18.5 Å². The van der Waals surface area contributed by atoms with Gasteiger partial charge in [-0.3, -0.25) is 4.99 Å². The van der Waals surface area contributed by atoms with Crippen molar-refractivity contribution in [3.63, 3.8) is 0 Å². The highest BCUT2D eigenvalue weighted by Crippen LogP contribution is 2.22. The standard InChI is InChI=1S/C12H13N/c1-10-6-7-11-4-2-3-5-12(11)13-9-8-10/h2-5,8-9H,6-7H2,1H3. The van der Waals surface area contributed by atoms with Crippen LogP contribution in [0.15, 0.2) is 40.9 Å². The van der Waals surface area contributed by atoms with Crippen LogP contribution < -0.4 is 0 Å². The van der Waals surface area contributed by atoms with E-state index in [0.29, 0.717) is 0 Å². The Morgan fingerprint density at radius 3 is 2.92 bits per heavy atom. The Hall–Kier alpha value is -1.37. The van der Waals surface area contributed by atoms with Gasteiger partial charge in [0.15, 0.2) is 0 Å². The molecule has 0 fully saturated rings. The molecular formula is C12H13N. The summed E-state index contributed by atoms with van der Waals surface area (Å²) < 4.78 is 0. The van der Waals surface area contributed by atoms with Crippen molar-refractivity contribution in [2.24, 2.45) is 4.99 Å². The lowest BCUT2D eigenvalue weighted by Gasteiger charge is -2.07. The largest absolute Gasteiger partial charge is 0.257 e. The molecule has 1 aliphatic rings. The van der Waals surface area contributed by atoms with Crippen LogP contribution >= 0.6 is 0 Å². The van der Waals surface area contributed by atoms with Crippen molar-refractivity contribution >= 4 is 11.9 Å². The average Bonchev–Trinajstić information content (AvgIpc) is 2.13. The van der Waals surface area contributed by atoms with Gasteiger partial charge in [-0.25, -0.2) is 0 Å². The summed E-state index contributed by atoms with van der Waals surface area (Å²) in [4.78, 5) is 4.40. The fraction of sp³-hybridized carbons (Fsp3) is 0.250. The third kappa shape index (κ3) is 1.86. The Kier molecular flexibility index (Phi) is 2.26. The first kappa shape index (κ1) is 8.24. The Morgan fingerprint density at radius 1 is 1.15 bits per heavy atom. The van der Waals surface area contributed by atoms with Crippen molar-refractivity contribution in [1.82, 2.24) is 0 Å². The summed E-state index contributed by atoms with van der Waals surface area (Å²) in [7, 11) is 0. The molecule has 1 nitrogen and oxygen atoms in total. The lowest BCUT2D eigenvalue weighted by Crippen LogP contribution is -1.90. The number of hydrogen-bond acceptors (Lipinski definition) is 1. The van der Waals surface area contributed by atoms with Crippen LogP contribution in [-0.2, 0) is 6.42 Å². The first-order valence-corrected chi connectivity index (χ1v) is 4.64. The van der Waals surface area contributed by atoms with Gasteiger partial charge in [0, 0.05) is 6.21 Å². The van der Waals surface area contributed by atoms with Gasteiger partial charge in [-0.2, -0.15) is 0 Å². The fourth-order valence-corrected chi connectivity index (χ4v) is 1.51. The van der Waals surface area contributed by atoms with Crippen molar-refractivity contribution in [2.75, 3.05) is 0 Å². The van der Waals surface area contributed by atoms with Gasteiger partial charge in [-0.05, 0) is 37.5 Å². The fourth-order valence-electron chi connectivity index (χ4n) is 1.51. The number of allylic oxidation sites excluding steroid dienone is 2. The van der Waals surface area contributed by atoms with E-state index in [-0.39, 0.29) is 0 Å². The Bertz CT molecular complexity index is 361. The van der Waals surface area contributed by atoms with E-state index in [1.165, 1.54) is 11.1 Å². The highest BCUT2D eigenvalue weighted by atomic mass is 14.7. The summed E-state index contributed by atoms with van der Waals surface area (Å²) >= 11 is 0. The molecule has 13 heavy (non-hydrogen) atoms. The number of fused-ring (bicyclic) bond motifs is 1. The van der Waals surface area contributed by atoms with Gasteiger partial charge in [0.2, 0.25) is 0 Å². The maximum absolute atomic E-state index is 4.40. The predicted octanol–water partition coefficient (Wildman–Crippen LogP) is 3.28. The Morgan fingerprint density at radius 2 is 2.00 bits per heavy atom. The van der Waals surface area contributed by atoms with E-state index >= 15 is 0 Å². The Labute approximate surface area is 78.8 Å². The van der Waals surface area contributed by atoms with Gasteiger partial charge >= 0.3 is 0 Å². The molecule has 0 spiro atoms. The topological polar surface area (TPSA) is 12.4 Å². The van der Waals surface area contributed by atoms with Gasteiger partial charge in [-0.1, -0.05) is 23.8 Å². The maximum Gasteiger partial charge on any atom is 0.0661 e. The minimum Gasteiger partial charge on any atom is -0.257 e. The molecule has 66 valence electrons. The molecule has 0 aromatic heterocycles. The van der Waals surface area contributed by atoms with Crippen LogP contribution in [0.2, 0.25) is 0 Å². The van der Waals surface area contributed by atoms with E-state index in [2.05, 4.69) is 36.2 Å². The molecule has 0 amide bonds. The lowest BCUT2D eigenvalue weighted by molar-refractivity contribution is 0.940. The van der Waals surface area contributed by atoms with E-state index in [9.17, 15) is 0 Å². The van der Waals surface area contributed by atoms with Crippen molar-refractivity contribution in [1.29, 1.82) is 0 Å². The number of rotatable bonds is 0. The number of aryl methyl sites for hydroxylation is 1. The highest BCUT2D eigenvalue weighted by Gasteiger charge is 2.01. The second-order valence-corrected chi connectivity index (χ2v) is 3.42. The normalized spacial score (nSPS) is 15.6. The molecule has 0 saturated heterocycles. The second kappa shape index (κ2) is 3.56. The summed E-state index contributed by atoms with van der Waals surface area (Å²) in [6.45, 7) is 2.15. The zero-order valence-corrected chi connectivity index (χ0v) is 7.83. The van der Waals surface area contributed by atoms with Crippen molar-refractivity contribution in [3.8, 4) is 0 Å². The SMILES string of the molecule is CC1=CC=Nc2ccccc2CC1. The van der Waals surface area contributed by atoms with Gasteiger partial charge in [0.25, 0.3) is 0 Å². The first-order valence-electron chi connectivity index (χ1n) is 4.64. The lowest BCUT2D eigenvalue weighted by atomic mass is 10.0. The van der Waals surface area contributed by atoms with Gasteiger partial charge in [0.1, 0.15) is 0 Å². The van der Waals surface area contributed by atoms with E-state index in [4.69, 9.17) is 0 Å². The molecule has 0 radical (unpaired) electrons. The molecule has 0 saturated carbocycles. The van der Waals surface area contributed by atoms with Crippen LogP contribution in [0.5, 0.6) is 0 Å². The quantitative estimate of drug-likeness (QED) is 0.568. The number of nitrogens with zero attached hydrogens (tertiary/aromatic N) is 1. The molecule has 0 unspecified atom stereocenters. The summed E-state index contributed by atoms with van der Waals surface area (Å²) in [5, 5.41) is 0. The molecule has 1 heterocycles. The molecule has 0 aliphatic carbocycles. The van der Waals surface area contributed by atoms with Crippen LogP contribution in [0.4, 0.5) is 5.69 Å². The number of hydrogen-bond donors (Lipinski definition) is 0. The van der Waals surface area contributed by atoms with E-state index in [1.807, 2.05) is 12.3 Å². The molecule has 1 heteroatoms. The average molecular weight is 171 g/mol. The second-order valence-electron chi connectivity index (χ2n) is 3.42. The number of aliphatic imine (C=N–C) groups is 1. The first-order chi connectivity index (χ1) is 6.36. The third-order valence-corrected chi connectivity index (χ3v) is 2.35. The summed E-state index contributed by atoms with van der Waals surface area (Å²) in [6, 6.07) is 8.34. The molecule has 0 bridgehead atoms. The molecule has 0 atom stereocenters. The zero-order chi connectivity index (χ0) is 9.10. The predicted molar refractivity (Wildman–Crippen MR) is 56.7 cm³/mol. The Balaban J connectivity index is 2.40. The molecule has 2 rings (SSSR count). The van der Waals surface area contributed by atoms with Crippen LogP contribution in [-0.4, -0.2) is 6.21 Å². The molecule has 0 N–H and O–H groups in total. The van der Waals surface area contributed by atoms with Crippen LogP contribution in [0.25, 0.3) is 0 Å². The summed E-state index contributed by atoms with van der Waals surface area (Å²) in [5.74, 6) is 0. The third-order valence-electron chi connectivity index (χ3n) is 2.35. The molecule has 1 aliphatic heterocycles. The summed E-state index contributed by atoms with van der Waals surface area (Å²) in [6.07, 6.45) is 6.24. The van der Waals surface area contributed by atoms with Crippen LogP contribution in [0.3, 0.4) is 0 Å². The summed E-state index contributed by atoms with van der Waals surface area (Å²) in [5.41, 5.74) is 3.87. The number of para-hydroxylation sites is 1. The van der Waals surface area contributed by atoms with Crippen molar-refractivity contribution in [2.45, 2.75) is 19.8 Å². The van der Waals surface area contributed by atoms with E-state index in [1.54, 1.807) is 0 Å². The molecule has 1 aromatic carbocycles. The van der Waals surface area contributed by atoms with Gasteiger partial charge in [-0.15, -0.1) is 0 Å². The van der Waals surface area contributed by atoms with Gasteiger partial charge in [0.05, 0.1) is 5.69 Å². The smallest absolute Gasteiger partial charge is 0.0661 e. The highest BCUT2D eigenvalue weighted by molar-refractivity contribution is 5.76. The molecular weight excluding hydrogens is 158 g/mol. The number of benzene rings is 1. The monoisotopic (exact) mass is 171 g/mol. The van der Waals surface area contributed by atoms with Crippen LogP contribution in [0.1, 0.15) is 18.9 Å². The van der Waals surface area contributed by atoms with Crippen molar-refractivity contribution in [3.05, 3.63) is 41.5 Å². The minimum atomic E-state index is 1.11. The zero-order valence-electron chi connectivity index (χ0n) is 7.83. The van der Waals surface area contributed by atoms with Crippen molar-refractivity contribution < 1.29 is 0 Å². The molecule has 1 aromatic rings. The minimum absolute atomic E-state index is 1.11. The maximum atomic E-state index is 4.40. The van der Waals surface area contributed by atoms with Gasteiger partial charge < -0.3 is 0 Å². The van der Waals surface area contributed by atoms with Crippen LogP contribution in [0, 0.1) is 0 Å². The van der Waals surface area contributed by atoms with E-state index < -0.39 is 0 Å².